The van der Waals surface area contributed by atoms with Crippen LogP contribution in [0.4, 0.5) is 0 Å². The second-order valence-corrected chi connectivity index (χ2v) is 5.82. The van der Waals surface area contributed by atoms with Gasteiger partial charge in [-0.2, -0.15) is 11.8 Å². The van der Waals surface area contributed by atoms with Crippen LogP contribution in [0.15, 0.2) is 54.6 Å². The van der Waals surface area contributed by atoms with Crippen molar-refractivity contribution in [3.05, 3.63) is 60.2 Å². The first-order valence-corrected chi connectivity index (χ1v) is 7.95. The lowest BCUT2D eigenvalue weighted by molar-refractivity contribution is 0.831. The van der Waals surface area contributed by atoms with Crippen LogP contribution in [-0.4, -0.2) is 11.5 Å². The minimum atomic E-state index is 0.140. The zero-order valence-electron chi connectivity index (χ0n) is 11.4. The molecule has 2 rings (SSSR count). The molecule has 1 unspecified atom stereocenters. The number of benzene rings is 2. The maximum absolute atomic E-state index is 6.20. The summed E-state index contributed by atoms with van der Waals surface area (Å²) in [5.74, 6) is 2.19. The standard InChI is InChI=1S/C17H21NS/c1-2-12-19-13-17(18)16-10-8-15(9-11-16)14-6-4-3-5-7-14/h3-11,17H,2,12-13,18H2,1H3. The third-order valence-corrected chi connectivity index (χ3v) is 4.38. The third kappa shape index (κ3) is 4.12. The summed E-state index contributed by atoms with van der Waals surface area (Å²) < 4.78 is 0. The highest BCUT2D eigenvalue weighted by atomic mass is 32.2. The maximum atomic E-state index is 6.20. The van der Waals surface area contributed by atoms with E-state index < -0.39 is 0 Å². The Morgan fingerprint density at radius 1 is 0.947 bits per heavy atom. The number of nitrogens with two attached hydrogens (primary N) is 1. The Morgan fingerprint density at radius 3 is 2.21 bits per heavy atom. The predicted octanol–water partition coefficient (Wildman–Crippen LogP) is 4.50. The van der Waals surface area contributed by atoms with E-state index in [1.807, 2.05) is 17.8 Å². The minimum absolute atomic E-state index is 0.140. The van der Waals surface area contributed by atoms with Crippen LogP contribution in [0, 0.1) is 0 Å². The van der Waals surface area contributed by atoms with Crippen molar-refractivity contribution >= 4 is 11.8 Å². The van der Waals surface area contributed by atoms with Crippen LogP contribution in [0.3, 0.4) is 0 Å². The molecule has 0 aliphatic carbocycles. The van der Waals surface area contributed by atoms with Crippen LogP contribution >= 0.6 is 11.8 Å². The lowest BCUT2D eigenvalue weighted by atomic mass is 10.0. The van der Waals surface area contributed by atoms with Gasteiger partial charge in [0.2, 0.25) is 0 Å². The first-order chi connectivity index (χ1) is 9.31. The normalized spacial score (nSPS) is 12.3. The molecule has 100 valence electrons. The topological polar surface area (TPSA) is 26.0 Å². The van der Waals surface area contributed by atoms with Gasteiger partial charge in [0.1, 0.15) is 0 Å². The molecule has 2 N–H and O–H groups in total. The van der Waals surface area contributed by atoms with E-state index in [9.17, 15) is 0 Å². The fourth-order valence-corrected chi connectivity index (χ4v) is 2.91. The fraction of sp³-hybridized carbons (Fsp3) is 0.294. The van der Waals surface area contributed by atoms with Crippen LogP contribution < -0.4 is 5.73 Å². The van der Waals surface area contributed by atoms with E-state index in [-0.39, 0.29) is 6.04 Å². The third-order valence-electron chi connectivity index (χ3n) is 3.09. The lowest BCUT2D eigenvalue weighted by Gasteiger charge is -2.12. The van der Waals surface area contributed by atoms with Gasteiger partial charge in [-0.25, -0.2) is 0 Å². The summed E-state index contributed by atoms with van der Waals surface area (Å²) in [7, 11) is 0. The second kappa shape index (κ2) is 7.37. The molecule has 0 spiro atoms. The summed E-state index contributed by atoms with van der Waals surface area (Å²) in [4.78, 5) is 0. The molecular weight excluding hydrogens is 250 g/mol. The molecule has 0 radical (unpaired) electrons. The van der Waals surface area contributed by atoms with Crippen LogP contribution in [0.2, 0.25) is 0 Å². The van der Waals surface area contributed by atoms with Crippen molar-refractivity contribution in [3.8, 4) is 11.1 Å². The summed E-state index contributed by atoms with van der Waals surface area (Å²) in [6, 6.07) is 19.2. The lowest BCUT2D eigenvalue weighted by Crippen LogP contribution is -2.13. The molecule has 0 saturated carbocycles. The predicted molar refractivity (Wildman–Crippen MR) is 86.4 cm³/mol. The molecule has 19 heavy (non-hydrogen) atoms. The Labute approximate surface area is 120 Å². The first-order valence-electron chi connectivity index (χ1n) is 6.80. The second-order valence-electron chi connectivity index (χ2n) is 4.67. The van der Waals surface area contributed by atoms with Gasteiger partial charge in [0.15, 0.2) is 0 Å². The number of hydrogen-bond donors (Lipinski definition) is 1. The zero-order valence-corrected chi connectivity index (χ0v) is 12.2. The number of hydrogen-bond acceptors (Lipinski definition) is 2. The van der Waals surface area contributed by atoms with Gasteiger partial charge < -0.3 is 5.73 Å². The quantitative estimate of drug-likeness (QED) is 0.783. The molecular formula is C17H21NS. The van der Waals surface area contributed by atoms with Crippen LogP contribution in [0.25, 0.3) is 11.1 Å². The van der Waals surface area contributed by atoms with Crippen molar-refractivity contribution in [2.45, 2.75) is 19.4 Å². The van der Waals surface area contributed by atoms with Crippen molar-refractivity contribution < 1.29 is 0 Å². The van der Waals surface area contributed by atoms with Crippen LogP contribution in [-0.2, 0) is 0 Å². The molecule has 2 aromatic carbocycles. The summed E-state index contributed by atoms with van der Waals surface area (Å²) >= 11 is 1.93. The van der Waals surface area contributed by atoms with Gasteiger partial charge in [0.25, 0.3) is 0 Å². The maximum Gasteiger partial charge on any atom is 0.0386 e. The molecule has 0 saturated heterocycles. The monoisotopic (exact) mass is 271 g/mol. The summed E-state index contributed by atoms with van der Waals surface area (Å²) in [5, 5.41) is 0. The summed E-state index contributed by atoms with van der Waals surface area (Å²) in [5.41, 5.74) is 9.93. The average molecular weight is 271 g/mol. The van der Waals surface area contributed by atoms with Crippen LogP contribution in [0.5, 0.6) is 0 Å². The number of rotatable bonds is 6. The minimum Gasteiger partial charge on any atom is -0.323 e. The van der Waals surface area contributed by atoms with E-state index in [0.717, 1.165) is 5.75 Å². The van der Waals surface area contributed by atoms with Gasteiger partial charge in [0.05, 0.1) is 0 Å². The molecule has 2 aromatic rings. The van der Waals surface area contributed by atoms with Crippen molar-refractivity contribution in [3.63, 3.8) is 0 Å². The molecule has 1 nitrogen and oxygen atoms in total. The molecule has 0 aliphatic heterocycles. The molecule has 0 fully saturated rings. The van der Waals surface area contributed by atoms with E-state index in [2.05, 4.69) is 55.5 Å². The molecule has 0 aromatic heterocycles. The van der Waals surface area contributed by atoms with E-state index in [0.29, 0.717) is 0 Å². The molecule has 0 amide bonds. The van der Waals surface area contributed by atoms with E-state index in [1.54, 1.807) is 0 Å². The van der Waals surface area contributed by atoms with E-state index >= 15 is 0 Å². The highest BCUT2D eigenvalue weighted by Gasteiger charge is 2.06. The summed E-state index contributed by atoms with van der Waals surface area (Å²) in [6.45, 7) is 2.20. The van der Waals surface area contributed by atoms with Gasteiger partial charge in [-0.05, 0) is 28.9 Å². The Morgan fingerprint density at radius 2 is 1.58 bits per heavy atom. The highest BCUT2D eigenvalue weighted by molar-refractivity contribution is 7.99. The number of thioether (sulfide) groups is 1. The van der Waals surface area contributed by atoms with Crippen LogP contribution in [0.1, 0.15) is 24.9 Å². The largest absolute Gasteiger partial charge is 0.323 e. The van der Waals surface area contributed by atoms with Gasteiger partial charge >= 0.3 is 0 Å². The van der Waals surface area contributed by atoms with Gasteiger partial charge in [-0.3, -0.25) is 0 Å². The summed E-state index contributed by atoms with van der Waals surface area (Å²) in [6.07, 6.45) is 1.21. The Kier molecular flexibility index (Phi) is 5.49. The molecule has 1 atom stereocenters. The van der Waals surface area contributed by atoms with Gasteiger partial charge in [-0.1, -0.05) is 61.5 Å². The highest BCUT2D eigenvalue weighted by Crippen LogP contribution is 2.22. The Hall–Kier alpha value is -1.25. The molecule has 0 heterocycles. The average Bonchev–Trinajstić information content (AvgIpc) is 2.48. The SMILES string of the molecule is CCCSCC(N)c1ccc(-c2ccccc2)cc1. The fourth-order valence-electron chi connectivity index (χ4n) is 2.00. The van der Waals surface area contributed by atoms with Crippen molar-refractivity contribution in [2.24, 2.45) is 5.73 Å². The molecule has 0 bridgehead atoms. The van der Waals surface area contributed by atoms with E-state index in [1.165, 1.54) is 28.9 Å². The smallest absolute Gasteiger partial charge is 0.0386 e. The first kappa shape index (κ1) is 14.2. The van der Waals surface area contributed by atoms with Gasteiger partial charge in [-0.15, -0.1) is 0 Å². The van der Waals surface area contributed by atoms with Crippen molar-refractivity contribution in [2.75, 3.05) is 11.5 Å². The Balaban J connectivity index is 2.02. The van der Waals surface area contributed by atoms with Gasteiger partial charge in [0, 0.05) is 11.8 Å². The van der Waals surface area contributed by atoms with Crippen molar-refractivity contribution in [1.82, 2.24) is 0 Å². The van der Waals surface area contributed by atoms with E-state index in [4.69, 9.17) is 5.73 Å². The molecule has 2 heteroatoms. The zero-order chi connectivity index (χ0) is 13.5. The Bertz CT molecular complexity index is 478. The molecule has 0 aliphatic rings. The van der Waals surface area contributed by atoms with Crippen molar-refractivity contribution in [1.29, 1.82) is 0 Å².